The van der Waals surface area contributed by atoms with Crippen molar-refractivity contribution < 1.29 is 13.3 Å². The highest BCUT2D eigenvalue weighted by Crippen LogP contribution is 2.20. The normalized spacial score (nSPS) is 11.1. The van der Waals surface area contributed by atoms with E-state index in [1.165, 1.54) is 0 Å². The average Bonchev–Trinajstić information content (AvgIpc) is 2.41. The number of rotatable bonds is 6. The Kier molecular flexibility index (Phi) is 4.60. The van der Waals surface area contributed by atoms with Gasteiger partial charge in [0.05, 0.1) is 0 Å². The van der Waals surface area contributed by atoms with Crippen LogP contribution in [0.3, 0.4) is 0 Å². The molecule has 0 saturated heterocycles. The Hall–Kier alpha value is -1.78. The monoisotopic (exact) mass is 274 g/mol. The van der Waals surface area contributed by atoms with E-state index in [1.54, 1.807) is 0 Å². The molecule has 2 aromatic rings. The number of hydrogen-bond donors (Lipinski definition) is 0. The molecule has 4 heteroatoms. The van der Waals surface area contributed by atoms with E-state index in [0.717, 1.165) is 11.5 Å². The minimum atomic E-state index is -2.73. The van der Waals surface area contributed by atoms with Gasteiger partial charge in [0, 0.05) is 13.2 Å². The van der Waals surface area contributed by atoms with Gasteiger partial charge in [0.25, 0.3) is 0 Å². The molecule has 0 aromatic heterocycles. The van der Waals surface area contributed by atoms with E-state index in [9.17, 15) is 0 Å². The Labute approximate surface area is 115 Å². The van der Waals surface area contributed by atoms with Crippen molar-refractivity contribution >= 4 is 8.80 Å². The van der Waals surface area contributed by atoms with E-state index in [0.29, 0.717) is 6.61 Å². The van der Waals surface area contributed by atoms with Gasteiger partial charge in [-0.3, -0.25) is 0 Å². The molecule has 0 aliphatic rings. The third-order valence-corrected chi connectivity index (χ3v) is 4.53. The van der Waals surface area contributed by atoms with Gasteiger partial charge >= 0.3 is 8.80 Å². The summed E-state index contributed by atoms with van der Waals surface area (Å²) < 4.78 is 17.6. The van der Waals surface area contributed by atoms with Crippen LogP contribution in [0.25, 0.3) is 0 Å². The van der Waals surface area contributed by atoms with E-state index < -0.39 is 8.80 Å². The molecule has 3 nitrogen and oxygen atoms in total. The van der Waals surface area contributed by atoms with Gasteiger partial charge in [-0.15, -0.1) is 0 Å². The Balaban J connectivity index is 2.13. The molecule has 0 unspecified atom stereocenters. The van der Waals surface area contributed by atoms with Gasteiger partial charge in [-0.2, -0.15) is 0 Å². The van der Waals surface area contributed by atoms with Crippen molar-refractivity contribution in [2.75, 3.05) is 6.61 Å². The van der Waals surface area contributed by atoms with E-state index in [4.69, 9.17) is 13.3 Å². The Morgan fingerprint density at radius 2 is 1.21 bits per heavy atom. The van der Waals surface area contributed by atoms with Gasteiger partial charge in [-0.05, 0) is 31.2 Å². The fourth-order valence-corrected chi connectivity index (χ4v) is 3.56. The Morgan fingerprint density at radius 1 is 0.789 bits per heavy atom. The van der Waals surface area contributed by atoms with Crippen molar-refractivity contribution in [1.82, 2.24) is 0 Å². The highest BCUT2D eigenvalue weighted by Gasteiger charge is 2.39. The summed E-state index contributed by atoms with van der Waals surface area (Å²) in [4.78, 5) is 0. The van der Waals surface area contributed by atoms with Gasteiger partial charge in [0.15, 0.2) is 0 Å². The second kappa shape index (κ2) is 6.40. The minimum Gasteiger partial charge on any atom is -0.492 e. The lowest BCUT2D eigenvalue weighted by Gasteiger charge is -2.26. The van der Waals surface area contributed by atoms with Gasteiger partial charge < -0.3 is 13.3 Å². The summed E-state index contributed by atoms with van der Waals surface area (Å²) in [5.41, 5.74) is 0. The second-order valence-corrected chi connectivity index (χ2v) is 6.55. The molecule has 0 saturated carbocycles. The Bertz CT molecular complexity index is 446. The summed E-state index contributed by atoms with van der Waals surface area (Å²) >= 11 is 0. The molecule has 0 aliphatic heterocycles. The fraction of sp³-hybridized carbons (Fsp3) is 0.200. The van der Waals surface area contributed by atoms with Crippen LogP contribution in [0.15, 0.2) is 60.7 Å². The van der Waals surface area contributed by atoms with Gasteiger partial charge in [0.2, 0.25) is 0 Å². The third kappa shape index (κ3) is 4.12. The minimum absolute atomic E-state index is 0.558. The summed E-state index contributed by atoms with van der Waals surface area (Å²) in [6.07, 6.45) is 0. The number of benzene rings is 2. The lowest BCUT2D eigenvalue weighted by Crippen LogP contribution is -2.48. The van der Waals surface area contributed by atoms with Crippen LogP contribution < -0.4 is 8.85 Å². The standard InChI is InChI=1S/C15H18O3Si/c1-3-16-19(2,17-14-10-6-4-7-11-14)18-15-12-8-5-9-13-15/h4-13H,3H2,1-2H3. The maximum atomic E-state index is 5.94. The van der Waals surface area contributed by atoms with Crippen LogP contribution >= 0.6 is 0 Å². The lowest BCUT2D eigenvalue weighted by molar-refractivity contribution is 0.182. The number of para-hydroxylation sites is 2. The van der Waals surface area contributed by atoms with Crippen LogP contribution in [0.2, 0.25) is 6.55 Å². The largest absolute Gasteiger partial charge is 0.628 e. The van der Waals surface area contributed by atoms with Crippen LogP contribution in [0.1, 0.15) is 6.92 Å². The molecule has 0 N–H and O–H groups in total. The summed E-state index contributed by atoms with van der Waals surface area (Å²) in [7, 11) is -2.73. The quantitative estimate of drug-likeness (QED) is 0.751. The van der Waals surface area contributed by atoms with E-state index in [1.807, 2.05) is 74.1 Å². The second-order valence-electron chi connectivity index (χ2n) is 4.13. The zero-order valence-corrected chi connectivity index (χ0v) is 12.2. The molecular formula is C15H18O3Si. The first-order valence-corrected chi connectivity index (χ1v) is 8.56. The van der Waals surface area contributed by atoms with E-state index in [-0.39, 0.29) is 0 Å². The van der Waals surface area contributed by atoms with Crippen molar-refractivity contribution in [1.29, 1.82) is 0 Å². The predicted molar refractivity (Wildman–Crippen MR) is 77.4 cm³/mol. The topological polar surface area (TPSA) is 27.7 Å². The average molecular weight is 274 g/mol. The lowest BCUT2D eigenvalue weighted by atomic mass is 10.3. The molecule has 0 bridgehead atoms. The molecule has 0 amide bonds. The first-order chi connectivity index (χ1) is 9.22. The van der Waals surface area contributed by atoms with Crippen molar-refractivity contribution in [2.45, 2.75) is 13.5 Å². The van der Waals surface area contributed by atoms with Gasteiger partial charge in [-0.25, -0.2) is 0 Å². The molecule has 0 fully saturated rings. The Morgan fingerprint density at radius 3 is 1.58 bits per heavy atom. The zero-order chi connectivity index (χ0) is 13.6. The predicted octanol–water partition coefficient (Wildman–Crippen LogP) is 3.75. The molecule has 100 valence electrons. The molecule has 2 aromatic carbocycles. The van der Waals surface area contributed by atoms with Crippen LogP contribution in [0, 0.1) is 0 Å². The van der Waals surface area contributed by atoms with Crippen LogP contribution in [0.4, 0.5) is 0 Å². The zero-order valence-electron chi connectivity index (χ0n) is 11.2. The summed E-state index contributed by atoms with van der Waals surface area (Å²) in [5, 5.41) is 0. The van der Waals surface area contributed by atoms with Crippen LogP contribution in [-0.2, 0) is 4.43 Å². The SMILES string of the molecule is CCO[Si](C)(Oc1ccccc1)Oc1ccccc1. The van der Waals surface area contributed by atoms with E-state index in [2.05, 4.69) is 0 Å². The third-order valence-electron chi connectivity index (χ3n) is 2.50. The van der Waals surface area contributed by atoms with Crippen LogP contribution in [0.5, 0.6) is 11.5 Å². The number of hydrogen-bond acceptors (Lipinski definition) is 3. The van der Waals surface area contributed by atoms with Gasteiger partial charge in [-0.1, -0.05) is 36.4 Å². The fourth-order valence-electron chi connectivity index (χ4n) is 1.75. The molecule has 0 heterocycles. The van der Waals surface area contributed by atoms with Crippen LogP contribution in [-0.4, -0.2) is 15.4 Å². The maximum absolute atomic E-state index is 5.94. The summed E-state index contributed by atoms with van der Waals surface area (Å²) in [5.74, 6) is 1.53. The van der Waals surface area contributed by atoms with Crippen molar-refractivity contribution in [3.8, 4) is 11.5 Å². The maximum Gasteiger partial charge on any atom is 0.628 e. The molecule has 19 heavy (non-hydrogen) atoms. The molecule has 2 rings (SSSR count). The van der Waals surface area contributed by atoms with Crippen molar-refractivity contribution in [3.63, 3.8) is 0 Å². The van der Waals surface area contributed by atoms with Crippen molar-refractivity contribution in [3.05, 3.63) is 60.7 Å². The van der Waals surface area contributed by atoms with Gasteiger partial charge in [0.1, 0.15) is 11.5 Å². The summed E-state index contributed by atoms with van der Waals surface area (Å²) in [6.45, 7) is 4.40. The summed E-state index contributed by atoms with van der Waals surface area (Å²) in [6, 6.07) is 19.2. The highest BCUT2D eigenvalue weighted by molar-refractivity contribution is 6.60. The smallest absolute Gasteiger partial charge is 0.492 e. The molecule has 0 aliphatic carbocycles. The van der Waals surface area contributed by atoms with Crippen molar-refractivity contribution in [2.24, 2.45) is 0 Å². The molecule has 0 radical (unpaired) electrons. The molecule has 0 spiro atoms. The highest BCUT2D eigenvalue weighted by atomic mass is 28.4. The first kappa shape index (κ1) is 13.6. The molecule has 0 atom stereocenters. The molecular weight excluding hydrogens is 256 g/mol. The first-order valence-electron chi connectivity index (χ1n) is 6.34. The van der Waals surface area contributed by atoms with E-state index >= 15 is 0 Å².